The molecule has 0 spiro atoms. The number of rotatable bonds is 6. The fourth-order valence-electron chi connectivity index (χ4n) is 5.59. The Labute approximate surface area is 255 Å². The van der Waals surface area contributed by atoms with Crippen molar-refractivity contribution < 1.29 is 22.7 Å². The molecule has 3 aromatic carbocycles. The zero-order valence-electron chi connectivity index (χ0n) is 24.1. The maximum atomic E-state index is 14.3. The number of carbonyl (C=O) groups excluding carboxylic acids is 2. The number of ether oxygens (including phenoxy) is 1. The van der Waals surface area contributed by atoms with Crippen LogP contribution in [0.1, 0.15) is 23.1 Å². The number of nitriles is 1. The average molecular weight is 605 g/mol. The van der Waals surface area contributed by atoms with Gasteiger partial charge in [0.1, 0.15) is 17.4 Å². The summed E-state index contributed by atoms with van der Waals surface area (Å²) in [5, 5.41) is 15.1. The maximum absolute atomic E-state index is 14.3. The zero-order valence-corrected chi connectivity index (χ0v) is 24.9. The summed E-state index contributed by atoms with van der Waals surface area (Å²) >= 11 is 0. The van der Waals surface area contributed by atoms with Crippen LogP contribution in [-0.4, -0.2) is 59.6 Å². The van der Waals surface area contributed by atoms with Gasteiger partial charge in [0.2, 0.25) is 0 Å². The van der Waals surface area contributed by atoms with Crippen LogP contribution in [0.3, 0.4) is 0 Å². The molecule has 1 saturated heterocycles. The summed E-state index contributed by atoms with van der Waals surface area (Å²) in [6.07, 6.45) is 3.55. The van der Waals surface area contributed by atoms with Crippen LogP contribution in [0, 0.1) is 18.3 Å². The minimum atomic E-state index is -3.43. The SMILES string of the molecule is COc1ccc(C2=C(C#N)C(=O)N(C3CCS(=O)(=O)C3)C(=O)/C2=C\c2cn(-c3ccccc3)nc2-c2ccc(C)cc2)cc1. The van der Waals surface area contributed by atoms with Gasteiger partial charge in [0, 0.05) is 22.9 Å². The van der Waals surface area contributed by atoms with E-state index in [2.05, 4.69) is 0 Å². The van der Waals surface area contributed by atoms with Crippen LogP contribution in [0.5, 0.6) is 5.75 Å². The lowest BCUT2D eigenvalue weighted by Crippen LogP contribution is -2.49. The second-order valence-corrected chi connectivity index (χ2v) is 13.0. The smallest absolute Gasteiger partial charge is 0.272 e. The van der Waals surface area contributed by atoms with Gasteiger partial charge in [0.05, 0.1) is 41.6 Å². The van der Waals surface area contributed by atoms with E-state index < -0.39 is 27.7 Å². The molecule has 4 aromatic rings. The summed E-state index contributed by atoms with van der Waals surface area (Å²) in [5.41, 5.74) is 4.36. The maximum Gasteiger partial charge on any atom is 0.272 e. The van der Waals surface area contributed by atoms with Gasteiger partial charge in [-0.2, -0.15) is 10.4 Å². The number of methoxy groups -OCH3 is 1. The van der Waals surface area contributed by atoms with Crippen molar-refractivity contribution in [3.05, 3.63) is 113 Å². The molecule has 0 bridgehead atoms. The van der Waals surface area contributed by atoms with Crippen LogP contribution in [0.2, 0.25) is 0 Å². The van der Waals surface area contributed by atoms with Crippen molar-refractivity contribution in [1.29, 1.82) is 5.26 Å². The Kier molecular flexibility index (Phi) is 7.49. The molecule has 2 aliphatic rings. The summed E-state index contributed by atoms with van der Waals surface area (Å²) in [6, 6.07) is 25.2. The molecule has 1 aromatic heterocycles. The lowest BCUT2D eigenvalue weighted by atomic mass is 9.86. The Morgan fingerprint density at radius 3 is 2.25 bits per heavy atom. The van der Waals surface area contributed by atoms with Gasteiger partial charge < -0.3 is 4.74 Å². The number of hydrogen-bond donors (Lipinski definition) is 0. The van der Waals surface area contributed by atoms with E-state index in [0.717, 1.165) is 21.7 Å². The molecule has 6 rings (SSSR count). The Bertz CT molecular complexity index is 1980. The molecule has 220 valence electrons. The van der Waals surface area contributed by atoms with Crippen LogP contribution < -0.4 is 4.74 Å². The Morgan fingerprint density at radius 2 is 1.64 bits per heavy atom. The van der Waals surface area contributed by atoms with Gasteiger partial charge in [0.15, 0.2) is 9.84 Å². The van der Waals surface area contributed by atoms with Gasteiger partial charge in [-0.15, -0.1) is 0 Å². The molecule has 2 aliphatic heterocycles. The number of nitrogens with zero attached hydrogens (tertiary/aromatic N) is 4. The molecule has 2 amide bonds. The van der Waals surface area contributed by atoms with Crippen molar-refractivity contribution in [2.75, 3.05) is 18.6 Å². The lowest BCUT2D eigenvalue weighted by molar-refractivity contribution is -0.142. The van der Waals surface area contributed by atoms with E-state index in [9.17, 15) is 23.3 Å². The van der Waals surface area contributed by atoms with Gasteiger partial charge in [-0.3, -0.25) is 14.5 Å². The second-order valence-electron chi connectivity index (χ2n) is 10.8. The minimum absolute atomic E-state index is 0.0941. The Hall–Kier alpha value is -5.27. The van der Waals surface area contributed by atoms with Gasteiger partial charge in [-0.05, 0) is 49.2 Å². The van der Waals surface area contributed by atoms with Crippen molar-refractivity contribution in [1.82, 2.24) is 14.7 Å². The molecule has 0 N–H and O–H groups in total. The fourth-order valence-corrected chi connectivity index (χ4v) is 7.29. The van der Waals surface area contributed by atoms with E-state index in [0.29, 0.717) is 22.6 Å². The third kappa shape index (κ3) is 5.34. The quantitative estimate of drug-likeness (QED) is 0.229. The average Bonchev–Trinajstić information content (AvgIpc) is 3.62. The minimum Gasteiger partial charge on any atom is -0.497 e. The number of para-hydroxylation sites is 1. The molecule has 0 aliphatic carbocycles. The highest BCUT2D eigenvalue weighted by atomic mass is 32.2. The molecule has 0 radical (unpaired) electrons. The highest BCUT2D eigenvalue weighted by molar-refractivity contribution is 7.91. The van der Waals surface area contributed by atoms with Crippen LogP contribution in [0.15, 0.2) is 96.2 Å². The van der Waals surface area contributed by atoms with Crippen LogP contribution in [0.25, 0.3) is 28.6 Å². The normalized spacial score (nSPS) is 19.0. The Balaban J connectivity index is 1.59. The van der Waals surface area contributed by atoms with Crippen molar-refractivity contribution in [3.63, 3.8) is 0 Å². The number of imide groups is 1. The molecule has 0 saturated carbocycles. The fraction of sp³-hybridized carbons (Fsp3) is 0.176. The van der Waals surface area contributed by atoms with E-state index in [1.54, 1.807) is 41.2 Å². The van der Waals surface area contributed by atoms with E-state index in [1.807, 2.05) is 67.6 Å². The topological polar surface area (TPSA) is 122 Å². The van der Waals surface area contributed by atoms with Crippen molar-refractivity contribution >= 4 is 33.3 Å². The number of aromatic nitrogens is 2. The van der Waals surface area contributed by atoms with Gasteiger partial charge in [0.25, 0.3) is 11.8 Å². The molecule has 3 heterocycles. The van der Waals surface area contributed by atoms with Crippen molar-refractivity contribution in [2.45, 2.75) is 19.4 Å². The third-order valence-corrected chi connectivity index (χ3v) is 9.60. The first-order chi connectivity index (χ1) is 21.2. The van der Waals surface area contributed by atoms with Crippen molar-refractivity contribution in [3.8, 4) is 28.8 Å². The van der Waals surface area contributed by atoms with Crippen LogP contribution in [-0.2, 0) is 19.4 Å². The summed E-state index contributed by atoms with van der Waals surface area (Å²) < 4.78 is 31.7. The monoisotopic (exact) mass is 604 g/mol. The van der Waals surface area contributed by atoms with E-state index in [1.165, 1.54) is 7.11 Å². The number of hydrogen-bond acceptors (Lipinski definition) is 7. The van der Waals surface area contributed by atoms with Gasteiger partial charge >= 0.3 is 0 Å². The molecular weight excluding hydrogens is 576 g/mol. The standard InChI is InChI=1S/C34H28N4O5S/c1-22-8-10-24(11-9-22)32-25(20-37(36-32)26-6-4-3-5-7-26)18-29-31(23-12-14-28(43-2)15-13-23)30(19-35)34(40)38(33(29)39)27-16-17-44(41,42)21-27/h3-15,18,20,27H,16-17,21H2,1-2H3/b29-18-. The molecule has 44 heavy (non-hydrogen) atoms. The van der Waals surface area contributed by atoms with Crippen LogP contribution in [0.4, 0.5) is 0 Å². The molecule has 1 fully saturated rings. The molecule has 9 nitrogen and oxygen atoms in total. The number of benzene rings is 3. The predicted molar refractivity (Wildman–Crippen MR) is 166 cm³/mol. The highest BCUT2D eigenvalue weighted by Crippen LogP contribution is 2.38. The predicted octanol–water partition coefficient (Wildman–Crippen LogP) is 4.77. The zero-order chi connectivity index (χ0) is 31.0. The first-order valence-electron chi connectivity index (χ1n) is 14.0. The summed E-state index contributed by atoms with van der Waals surface area (Å²) in [7, 11) is -1.90. The molecule has 1 atom stereocenters. The molecule has 1 unspecified atom stereocenters. The first-order valence-corrected chi connectivity index (χ1v) is 15.8. The number of amides is 2. The summed E-state index contributed by atoms with van der Waals surface area (Å²) in [5.74, 6) is -1.37. The van der Waals surface area contributed by atoms with Crippen molar-refractivity contribution in [2.24, 2.45) is 0 Å². The molecule has 10 heteroatoms. The molecular formula is C34H28N4O5S. The van der Waals surface area contributed by atoms with Gasteiger partial charge in [-0.1, -0.05) is 60.2 Å². The Morgan fingerprint density at radius 1 is 0.955 bits per heavy atom. The second kappa shape index (κ2) is 11.4. The van der Waals surface area contributed by atoms with E-state index in [-0.39, 0.29) is 34.6 Å². The lowest BCUT2D eigenvalue weighted by Gasteiger charge is -2.32. The van der Waals surface area contributed by atoms with E-state index >= 15 is 0 Å². The number of sulfone groups is 1. The largest absolute Gasteiger partial charge is 0.497 e. The summed E-state index contributed by atoms with van der Waals surface area (Å²) in [6.45, 7) is 1.99. The number of aryl methyl sites for hydroxylation is 1. The first kappa shape index (κ1) is 28.8. The summed E-state index contributed by atoms with van der Waals surface area (Å²) in [4.78, 5) is 29.0. The highest BCUT2D eigenvalue weighted by Gasteiger charge is 2.45. The van der Waals surface area contributed by atoms with Gasteiger partial charge in [-0.25, -0.2) is 13.1 Å². The van der Waals surface area contributed by atoms with E-state index in [4.69, 9.17) is 9.84 Å². The van der Waals surface area contributed by atoms with Crippen LogP contribution >= 0.6 is 0 Å². The third-order valence-electron chi connectivity index (χ3n) is 7.85. The number of carbonyl (C=O) groups is 2.